The van der Waals surface area contributed by atoms with Crippen molar-refractivity contribution in [3.8, 4) is 5.75 Å². The number of hydrogen-bond acceptors (Lipinski definition) is 5. The molecule has 0 aliphatic rings. The van der Waals surface area contributed by atoms with Crippen LogP contribution in [0.4, 0.5) is 11.4 Å². The summed E-state index contributed by atoms with van der Waals surface area (Å²) in [6, 6.07) is 11.0. The van der Waals surface area contributed by atoms with E-state index < -0.39 is 11.9 Å². The second-order valence-corrected chi connectivity index (χ2v) is 10.2. The first kappa shape index (κ1) is 26.0. The van der Waals surface area contributed by atoms with E-state index in [-0.39, 0.29) is 28.8 Å². The molecule has 6 nitrogen and oxygen atoms in total. The quantitative estimate of drug-likeness (QED) is 0.223. The van der Waals surface area contributed by atoms with Gasteiger partial charge in [0.05, 0.1) is 6.61 Å². The summed E-state index contributed by atoms with van der Waals surface area (Å²) in [5.74, 6) is -1.27. The normalized spacial score (nSPS) is 12.3. The minimum absolute atomic E-state index is 0.0882. The lowest BCUT2D eigenvalue weighted by Crippen LogP contribution is -2.26. The number of phenols is 1. The fourth-order valence-electron chi connectivity index (χ4n) is 3.33. The third-order valence-corrected chi connectivity index (χ3v) is 5.17. The zero-order chi connectivity index (χ0) is 25.0. The largest absolute Gasteiger partial charge is 0.508 e. The molecule has 0 radical (unpaired) electrons. The van der Waals surface area contributed by atoms with Crippen LogP contribution in [0.25, 0.3) is 0 Å². The van der Waals surface area contributed by atoms with Crippen molar-refractivity contribution in [1.29, 1.82) is 0 Å². The third kappa shape index (κ3) is 6.85. The highest BCUT2D eigenvalue weighted by Crippen LogP contribution is 2.39. The number of amides is 1. The van der Waals surface area contributed by atoms with Gasteiger partial charge < -0.3 is 20.5 Å². The van der Waals surface area contributed by atoms with Crippen LogP contribution < -0.4 is 10.6 Å². The molecule has 0 aromatic heterocycles. The Hall–Kier alpha value is -3.28. The van der Waals surface area contributed by atoms with Gasteiger partial charge in [-0.3, -0.25) is 4.79 Å². The molecule has 33 heavy (non-hydrogen) atoms. The Bertz CT molecular complexity index is 1040. The van der Waals surface area contributed by atoms with Crippen LogP contribution in [-0.2, 0) is 25.2 Å². The number of rotatable bonds is 6. The van der Waals surface area contributed by atoms with E-state index in [1.165, 1.54) is 6.20 Å². The maximum absolute atomic E-state index is 13.2. The summed E-state index contributed by atoms with van der Waals surface area (Å²) in [7, 11) is 0. The second kappa shape index (κ2) is 10.1. The van der Waals surface area contributed by atoms with Gasteiger partial charge >= 0.3 is 5.97 Å². The number of aryl methyl sites for hydroxylation is 1. The summed E-state index contributed by atoms with van der Waals surface area (Å²) in [5, 5.41) is 16.5. The molecule has 0 bridgehead atoms. The molecule has 0 saturated carbocycles. The van der Waals surface area contributed by atoms with Gasteiger partial charge in [-0.25, -0.2) is 4.79 Å². The number of phenolic OH excluding ortho intramolecular Hbond substituents is 1. The Kier molecular flexibility index (Phi) is 7.96. The maximum atomic E-state index is 13.2. The van der Waals surface area contributed by atoms with Crippen LogP contribution in [0, 0.1) is 6.92 Å². The van der Waals surface area contributed by atoms with Gasteiger partial charge in [0.15, 0.2) is 0 Å². The van der Waals surface area contributed by atoms with Crippen LogP contribution in [0.15, 0.2) is 48.2 Å². The number of ether oxygens (including phenoxy) is 1. The van der Waals surface area contributed by atoms with E-state index in [9.17, 15) is 14.7 Å². The summed E-state index contributed by atoms with van der Waals surface area (Å²) in [6.07, 6.45) is 1.35. The number of anilines is 2. The Morgan fingerprint density at radius 2 is 1.55 bits per heavy atom. The number of carbonyl (C=O) groups excluding carboxylic acids is 2. The van der Waals surface area contributed by atoms with Gasteiger partial charge in [0, 0.05) is 23.6 Å². The monoisotopic (exact) mass is 452 g/mol. The Morgan fingerprint density at radius 3 is 2.06 bits per heavy atom. The molecule has 0 heterocycles. The van der Waals surface area contributed by atoms with Gasteiger partial charge in [0.2, 0.25) is 0 Å². The average Bonchev–Trinajstić information content (AvgIpc) is 2.68. The first-order valence-electron chi connectivity index (χ1n) is 11.1. The van der Waals surface area contributed by atoms with Crippen molar-refractivity contribution < 1.29 is 19.4 Å². The predicted octanol–water partition coefficient (Wildman–Crippen LogP) is 5.79. The predicted molar refractivity (Wildman–Crippen MR) is 134 cm³/mol. The summed E-state index contributed by atoms with van der Waals surface area (Å²) < 4.78 is 5.10. The van der Waals surface area contributed by atoms with Crippen molar-refractivity contribution in [3.63, 3.8) is 0 Å². The van der Waals surface area contributed by atoms with Crippen molar-refractivity contribution in [2.24, 2.45) is 0 Å². The lowest BCUT2D eigenvalue weighted by atomic mass is 9.79. The molecule has 0 atom stereocenters. The highest BCUT2D eigenvalue weighted by molar-refractivity contribution is 6.21. The fourth-order valence-corrected chi connectivity index (χ4v) is 3.33. The van der Waals surface area contributed by atoms with Gasteiger partial charge in [0.25, 0.3) is 5.91 Å². The lowest BCUT2D eigenvalue weighted by Gasteiger charge is -2.28. The molecule has 178 valence electrons. The smallest absolute Gasteiger partial charge is 0.345 e. The number of nitrogens with one attached hydrogen (secondary N) is 2. The molecule has 0 aliphatic carbocycles. The molecule has 2 aromatic rings. The summed E-state index contributed by atoms with van der Waals surface area (Å²) in [5.41, 5.74) is 3.16. The van der Waals surface area contributed by atoms with Gasteiger partial charge in [-0.05, 0) is 54.0 Å². The highest BCUT2D eigenvalue weighted by Gasteiger charge is 2.28. The van der Waals surface area contributed by atoms with Crippen LogP contribution in [0.5, 0.6) is 5.75 Å². The average molecular weight is 453 g/mol. The van der Waals surface area contributed by atoms with Crippen LogP contribution >= 0.6 is 0 Å². The maximum Gasteiger partial charge on any atom is 0.345 e. The van der Waals surface area contributed by atoms with E-state index in [4.69, 9.17) is 4.74 Å². The van der Waals surface area contributed by atoms with E-state index in [0.29, 0.717) is 5.69 Å². The molecule has 1 amide bonds. The minimum atomic E-state index is -0.734. The van der Waals surface area contributed by atoms with E-state index in [1.54, 1.807) is 13.0 Å². The van der Waals surface area contributed by atoms with Crippen molar-refractivity contribution in [3.05, 3.63) is 64.9 Å². The lowest BCUT2D eigenvalue weighted by molar-refractivity contribution is -0.139. The Morgan fingerprint density at radius 1 is 0.970 bits per heavy atom. The molecular weight excluding hydrogens is 416 g/mol. The summed E-state index contributed by atoms with van der Waals surface area (Å²) in [6.45, 7) is 15.9. The zero-order valence-electron chi connectivity index (χ0n) is 20.9. The van der Waals surface area contributed by atoms with Crippen molar-refractivity contribution in [1.82, 2.24) is 0 Å². The number of benzene rings is 2. The number of carbonyl (C=O) groups is 2. The Balaban J connectivity index is 2.45. The summed E-state index contributed by atoms with van der Waals surface area (Å²) in [4.78, 5) is 25.7. The molecule has 2 rings (SSSR count). The fraction of sp³-hybridized carbons (Fsp3) is 0.407. The van der Waals surface area contributed by atoms with Gasteiger partial charge in [-0.1, -0.05) is 59.2 Å². The zero-order valence-corrected chi connectivity index (χ0v) is 20.9. The van der Waals surface area contributed by atoms with Crippen LogP contribution in [0.1, 0.15) is 65.2 Å². The highest BCUT2D eigenvalue weighted by atomic mass is 16.5. The van der Waals surface area contributed by atoms with E-state index in [0.717, 1.165) is 22.4 Å². The molecule has 0 spiro atoms. The molecule has 3 N–H and O–H groups in total. The number of aromatic hydroxyl groups is 1. The van der Waals surface area contributed by atoms with Crippen LogP contribution in [-0.4, -0.2) is 23.6 Å². The molecule has 2 aromatic carbocycles. The van der Waals surface area contributed by atoms with Crippen LogP contribution in [0.3, 0.4) is 0 Å². The number of esters is 1. The third-order valence-electron chi connectivity index (χ3n) is 5.17. The van der Waals surface area contributed by atoms with E-state index >= 15 is 0 Å². The first-order chi connectivity index (χ1) is 15.2. The molecular formula is C27H36N2O4. The van der Waals surface area contributed by atoms with Gasteiger partial charge in [-0.2, -0.15) is 0 Å². The van der Waals surface area contributed by atoms with Crippen molar-refractivity contribution in [2.45, 2.75) is 66.2 Å². The second-order valence-electron chi connectivity index (χ2n) is 10.2. The summed E-state index contributed by atoms with van der Waals surface area (Å²) >= 11 is 0. The van der Waals surface area contributed by atoms with Crippen molar-refractivity contribution in [2.75, 3.05) is 17.2 Å². The molecule has 6 heteroatoms. The first-order valence-corrected chi connectivity index (χ1v) is 11.1. The molecule has 0 aliphatic heterocycles. The molecule has 0 unspecified atom stereocenters. The minimum Gasteiger partial charge on any atom is -0.508 e. The van der Waals surface area contributed by atoms with E-state index in [1.807, 2.05) is 78.8 Å². The molecule has 0 saturated heterocycles. The van der Waals surface area contributed by atoms with Crippen LogP contribution in [0.2, 0.25) is 0 Å². The Labute approximate surface area is 197 Å². The van der Waals surface area contributed by atoms with Gasteiger partial charge in [0.1, 0.15) is 11.3 Å². The van der Waals surface area contributed by atoms with Gasteiger partial charge in [-0.15, -0.1) is 0 Å². The molecule has 0 fully saturated rings. The SMILES string of the molecule is CCOC(=O)/C(=C\Nc1ccc(C)cc1)C(=O)Nc1cc(O)c(C(C)(C)C)cc1C(C)(C)C. The topological polar surface area (TPSA) is 87.7 Å². The van der Waals surface area contributed by atoms with E-state index in [2.05, 4.69) is 10.6 Å². The number of hydrogen-bond donors (Lipinski definition) is 3. The van der Waals surface area contributed by atoms with Crippen molar-refractivity contribution >= 4 is 23.3 Å². The standard InChI is InChI=1S/C27H36N2O4/c1-9-33-25(32)19(16-28-18-12-10-17(2)11-13-18)24(31)29-22-15-23(30)21(27(6,7)8)14-20(22)26(3,4)5/h10-16,28,30H,9H2,1-8H3,(H,29,31)/b19-16-.